The normalized spacial score (nSPS) is 20.4. The number of carbonyl (C=O) groups is 2. The Bertz CT molecular complexity index is 1490. The molecule has 210 valence electrons. The highest BCUT2D eigenvalue weighted by molar-refractivity contribution is 5.99. The molecule has 2 amide bonds. The second-order valence-electron chi connectivity index (χ2n) is 10.7. The van der Waals surface area contributed by atoms with E-state index in [4.69, 9.17) is 4.74 Å². The highest BCUT2D eigenvalue weighted by Gasteiger charge is 2.39. The smallest absolute Gasteiger partial charge is 0.277 e. The van der Waals surface area contributed by atoms with E-state index < -0.39 is 23.0 Å². The van der Waals surface area contributed by atoms with Crippen LogP contribution in [0.3, 0.4) is 0 Å². The number of amides is 2. The lowest BCUT2D eigenvalue weighted by Crippen LogP contribution is -2.60. The third-order valence-corrected chi connectivity index (χ3v) is 7.86. The third-order valence-electron chi connectivity index (χ3n) is 7.86. The molecular weight excluding hydrogens is 518 g/mol. The van der Waals surface area contributed by atoms with Crippen molar-refractivity contribution < 1.29 is 23.1 Å². The summed E-state index contributed by atoms with van der Waals surface area (Å²) in [4.78, 5) is 42.5. The molecule has 2 aromatic carbocycles. The van der Waals surface area contributed by atoms with Gasteiger partial charge in [-0.05, 0) is 36.8 Å². The van der Waals surface area contributed by atoms with Crippen molar-refractivity contribution in [2.45, 2.75) is 46.4 Å². The summed E-state index contributed by atoms with van der Waals surface area (Å²) in [5, 5.41) is 4.52. The molecule has 1 fully saturated rings. The molecule has 0 saturated carbocycles. The van der Waals surface area contributed by atoms with Crippen LogP contribution in [0.5, 0.6) is 5.75 Å². The molecule has 1 N–H and O–H groups in total. The fourth-order valence-corrected chi connectivity index (χ4v) is 5.31. The Morgan fingerprint density at radius 2 is 1.80 bits per heavy atom. The standard InChI is InChI=1S/C30H32F2N4O4/c1-18-11-20(3)36-17-34(14-19(18)2)30(39)26-28(40-16-21-7-5-4-6-8-21)27(37)24(15-35(26)36)29(38)33-13-22-9-10-23(31)12-25(22)32/h4-10,12,15,18-20H,11,13-14,16-17H2,1-3H3,(H,33,38)/t18-,19+,20+/m0/s1. The lowest BCUT2D eigenvalue weighted by Gasteiger charge is -2.47. The van der Waals surface area contributed by atoms with E-state index in [9.17, 15) is 23.2 Å². The van der Waals surface area contributed by atoms with Crippen LogP contribution in [0.4, 0.5) is 8.78 Å². The average Bonchev–Trinajstić information content (AvgIpc) is 2.93. The molecule has 2 aliphatic heterocycles. The maximum absolute atomic E-state index is 14.2. The molecule has 10 heteroatoms. The molecule has 3 atom stereocenters. The SMILES string of the molecule is C[C@@H]1CN2CN([C@H](C)C[C@@H]1C)n1cc(C(=O)NCc3ccc(F)cc3F)c(=O)c(OCc3ccccc3)c1C2=O. The van der Waals surface area contributed by atoms with Crippen molar-refractivity contribution in [3.8, 4) is 5.75 Å². The van der Waals surface area contributed by atoms with Crippen LogP contribution in [0, 0.1) is 23.5 Å². The van der Waals surface area contributed by atoms with E-state index in [1.807, 2.05) is 42.3 Å². The van der Waals surface area contributed by atoms with Gasteiger partial charge in [0.1, 0.15) is 30.5 Å². The van der Waals surface area contributed by atoms with Gasteiger partial charge >= 0.3 is 0 Å². The van der Waals surface area contributed by atoms with Crippen LogP contribution in [0.1, 0.15) is 59.2 Å². The number of halogens is 2. The second-order valence-corrected chi connectivity index (χ2v) is 10.7. The molecule has 3 aromatic rings. The first kappa shape index (κ1) is 27.4. The second kappa shape index (κ2) is 11.1. The van der Waals surface area contributed by atoms with Gasteiger partial charge in [0.25, 0.3) is 11.8 Å². The van der Waals surface area contributed by atoms with Gasteiger partial charge in [-0.15, -0.1) is 0 Å². The number of benzene rings is 2. The number of nitrogens with one attached hydrogen (secondary N) is 1. The quantitative estimate of drug-likeness (QED) is 0.501. The number of hydrogen-bond acceptors (Lipinski definition) is 5. The van der Waals surface area contributed by atoms with E-state index >= 15 is 0 Å². The molecule has 40 heavy (non-hydrogen) atoms. The van der Waals surface area contributed by atoms with Crippen LogP contribution < -0.4 is 20.5 Å². The summed E-state index contributed by atoms with van der Waals surface area (Å²) in [5.74, 6) is -2.25. The zero-order chi connectivity index (χ0) is 28.6. The summed E-state index contributed by atoms with van der Waals surface area (Å²) < 4.78 is 35.1. The third kappa shape index (κ3) is 5.30. The summed E-state index contributed by atoms with van der Waals surface area (Å²) in [6.07, 6.45) is 2.21. The van der Waals surface area contributed by atoms with Gasteiger partial charge in [-0.25, -0.2) is 8.78 Å². The summed E-state index contributed by atoms with van der Waals surface area (Å²) in [6, 6.07) is 12.2. The van der Waals surface area contributed by atoms with Gasteiger partial charge in [-0.1, -0.05) is 50.2 Å². The van der Waals surface area contributed by atoms with Gasteiger partial charge in [0, 0.05) is 37.0 Å². The van der Waals surface area contributed by atoms with Crippen molar-refractivity contribution in [1.29, 1.82) is 0 Å². The number of fused-ring (bicyclic) bond motifs is 4. The zero-order valence-electron chi connectivity index (χ0n) is 22.7. The van der Waals surface area contributed by atoms with Gasteiger partial charge in [-0.2, -0.15) is 0 Å². The Balaban J connectivity index is 1.56. The van der Waals surface area contributed by atoms with Gasteiger partial charge in [0.2, 0.25) is 5.43 Å². The van der Waals surface area contributed by atoms with E-state index in [0.29, 0.717) is 19.1 Å². The van der Waals surface area contributed by atoms with Crippen molar-refractivity contribution in [3.05, 3.63) is 99.0 Å². The topological polar surface area (TPSA) is 83.9 Å². The molecule has 2 bridgehead atoms. The molecule has 8 nitrogen and oxygen atoms in total. The Morgan fingerprint density at radius 3 is 2.52 bits per heavy atom. The predicted molar refractivity (Wildman–Crippen MR) is 146 cm³/mol. The van der Waals surface area contributed by atoms with Gasteiger partial charge < -0.3 is 15.0 Å². The van der Waals surface area contributed by atoms with E-state index in [1.165, 1.54) is 12.3 Å². The monoisotopic (exact) mass is 550 g/mol. The zero-order valence-corrected chi connectivity index (χ0v) is 22.7. The lowest BCUT2D eigenvalue weighted by atomic mass is 9.88. The highest BCUT2D eigenvalue weighted by Crippen LogP contribution is 2.30. The minimum atomic E-state index is -0.808. The molecule has 0 unspecified atom stereocenters. The fourth-order valence-electron chi connectivity index (χ4n) is 5.31. The first-order chi connectivity index (χ1) is 19.1. The maximum Gasteiger partial charge on any atom is 0.277 e. The summed E-state index contributed by atoms with van der Waals surface area (Å²) in [5.41, 5.74) is -0.0513. The number of rotatable bonds is 6. The number of carbonyl (C=O) groups excluding carboxylic acids is 2. The van der Waals surface area contributed by atoms with Gasteiger partial charge in [0.05, 0.1) is 0 Å². The average molecular weight is 551 g/mol. The predicted octanol–water partition coefficient (Wildman–Crippen LogP) is 4.05. The van der Waals surface area contributed by atoms with Crippen LogP contribution in [0.25, 0.3) is 0 Å². The summed E-state index contributed by atoms with van der Waals surface area (Å²) >= 11 is 0. The highest BCUT2D eigenvalue weighted by atomic mass is 19.1. The minimum Gasteiger partial charge on any atom is -0.482 e. The Kier molecular flexibility index (Phi) is 7.60. The Morgan fingerprint density at radius 1 is 1.05 bits per heavy atom. The van der Waals surface area contributed by atoms with Crippen LogP contribution in [0.15, 0.2) is 59.5 Å². The number of ether oxygens (including phenoxy) is 1. The molecule has 2 aliphatic rings. The lowest BCUT2D eigenvalue weighted by molar-refractivity contribution is 0.0581. The molecule has 0 aliphatic carbocycles. The van der Waals surface area contributed by atoms with Crippen molar-refractivity contribution in [1.82, 2.24) is 14.9 Å². The molecule has 1 aromatic heterocycles. The largest absolute Gasteiger partial charge is 0.482 e. The summed E-state index contributed by atoms with van der Waals surface area (Å²) in [7, 11) is 0. The number of aromatic nitrogens is 1. The molecule has 3 heterocycles. The van der Waals surface area contributed by atoms with Gasteiger partial charge in [0.15, 0.2) is 11.4 Å². The molecular formula is C30H32F2N4O4. The summed E-state index contributed by atoms with van der Waals surface area (Å²) in [6.45, 7) is 6.91. The first-order valence-electron chi connectivity index (χ1n) is 13.4. The van der Waals surface area contributed by atoms with Crippen LogP contribution in [-0.4, -0.2) is 40.6 Å². The van der Waals surface area contributed by atoms with Crippen LogP contribution in [-0.2, 0) is 13.2 Å². The fraction of sp³-hybridized carbons (Fsp3) is 0.367. The van der Waals surface area contributed by atoms with Crippen molar-refractivity contribution >= 4 is 11.8 Å². The Labute approximate surface area is 231 Å². The Hall–Kier alpha value is -4.21. The maximum atomic E-state index is 14.2. The number of pyridine rings is 1. The molecule has 0 spiro atoms. The van der Waals surface area contributed by atoms with Crippen molar-refractivity contribution in [3.63, 3.8) is 0 Å². The first-order valence-corrected chi connectivity index (χ1v) is 13.4. The van der Waals surface area contributed by atoms with E-state index in [1.54, 1.807) is 9.58 Å². The molecule has 5 rings (SSSR count). The van der Waals surface area contributed by atoms with Crippen LogP contribution in [0.2, 0.25) is 0 Å². The number of hydrogen-bond donors (Lipinski definition) is 1. The van der Waals surface area contributed by atoms with Crippen LogP contribution >= 0.6 is 0 Å². The van der Waals surface area contributed by atoms with Crippen molar-refractivity contribution in [2.75, 3.05) is 18.2 Å². The molecule has 0 radical (unpaired) electrons. The van der Waals surface area contributed by atoms with Gasteiger partial charge in [-0.3, -0.25) is 24.1 Å². The molecule has 1 saturated heterocycles. The minimum absolute atomic E-state index is 0.0132. The number of nitrogens with zero attached hydrogens (tertiary/aromatic N) is 3. The van der Waals surface area contributed by atoms with Crippen molar-refractivity contribution in [2.24, 2.45) is 11.8 Å². The van der Waals surface area contributed by atoms with E-state index in [-0.39, 0.29) is 53.6 Å². The van der Waals surface area contributed by atoms with E-state index in [0.717, 1.165) is 24.1 Å². The van der Waals surface area contributed by atoms with E-state index in [2.05, 4.69) is 19.2 Å².